The topological polar surface area (TPSA) is 95.1 Å². The van der Waals surface area contributed by atoms with Crippen molar-refractivity contribution < 1.29 is 8.42 Å². The highest BCUT2D eigenvalue weighted by atomic mass is 32.2. The average Bonchev–Trinajstić information content (AvgIpc) is 3.19. The Morgan fingerprint density at radius 3 is 2.91 bits per heavy atom. The summed E-state index contributed by atoms with van der Waals surface area (Å²) in [7, 11) is -0.206. The molecule has 0 bridgehead atoms. The predicted molar refractivity (Wildman–Crippen MR) is 85.6 cm³/mol. The number of hydrogen-bond acceptors (Lipinski definition) is 5. The van der Waals surface area contributed by atoms with Crippen LogP contribution < -0.4 is 0 Å². The fraction of sp³-hybridized carbons (Fsp3) is 0.500. The third kappa shape index (κ3) is 3.41. The van der Waals surface area contributed by atoms with Crippen LogP contribution >= 0.6 is 0 Å². The zero-order valence-corrected chi connectivity index (χ0v) is 14.0. The lowest BCUT2D eigenvalue weighted by Crippen LogP contribution is -2.38. The van der Waals surface area contributed by atoms with Crippen LogP contribution in [0.1, 0.15) is 12.1 Å². The average molecular weight is 336 g/mol. The Morgan fingerprint density at radius 2 is 2.22 bits per heavy atom. The molecular weight excluding hydrogens is 316 g/mol. The zero-order valence-electron chi connectivity index (χ0n) is 13.2. The molecule has 0 radical (unpaired) electrons. The third-order valence-corrected chi connectivity index (χ3v) is 5.94. The second-order valence-electron chi connectivity index (χ2n) is 5.87. The Morgan fingerprint density at radius 1 is 1.39 bits per heavy atom. The van der Waals surface area contributed by atoms with Crippen molar-refractivity contribution in [2.45, 2.75) is 12.8 Å². The standard InChI is InChI=1S/C14H20N6O2S/c1-19(2)23(21,22)20-6-4-11(9-20)7-12-8-14(16-10-15-12)13-3-5-17-18-13/h3,5,8,10-11H,4,6-7,9H2,1-2H3,(H,17,18)/t11-/m0/s1. The molecule has 1 saturated heterocycles. The van der Waals surface area contributed by atoms with E-state index in [4.69, 9.17) is 0 Å². The molecule has 0 aromatic carbocycles. The first kappa shape index (κ1) is 16.0. The molecular formula is C14H20N6O2S. The van der Waals surface area contributed by atoms with Crippen molar-refractivity contribution in [1.29, 1.82) is 0 Å². The number of aromatic amines is 1. The maximum atomic E-state index is 12.2. The summed E-state index contributed by atoms with van der Waals surface area (Å²) >= 11 is 0. The molecule has 0 amide bonds. The van der Waals surface area contributed by atoms with Gasteiger partial charge in [-0.3, -0.25) is 5.10 Å². The van der Waals surface area contributed by atoms with E-state index < -0.39 is 10.2 Å². The molecule has 0 saturated carbocycles. The van der Waals surface area contributed by atoms with Crippen LogP contribution in [0, 0.1) is 5.92 Å². The SMILES string of the molecule is CN(C)S(=O)(=O)N1CC[C@@H](Cc2cc(-c3ccn[nH]3)ncn2)C1. The molecule has 0 unspecified atom stereocenters. The summed E-state index contributed by atoms with van der Waals surface area (Å²) in [4.78, 5) is 8.55. The molecule has 0 spiro atoms. The summed E-state index contributed by atoms with van der Waals surface area (Å²) in [5, 5.41) is 6.80. The van der Waals surface area contributed by atoms with E-state index in [-0.39, 0.29) is 5.92 Å². The minimum Gasteiger partial charge on any atom is -0.276 e. The Bertz CT molecular complexity index is 759. The van der Waals surface area contributed by atoms with Crippen molar-refractivity contribution in [2.24, 2.45) is 5.92 Å². The van der Waals surface area contributed by atoms with Gasteiger partial charge in [-0.1, -0.05) is 0 Å². The van der Waals surface area contributed by atoms with E-state index in [0.29, 0.717) is 13.1 Å². The largest absolute Gasteiger partial charge is 0.281 e. The summed E-state index contributed by atoms with van der Waals surface area (Å²) in [6, 6.07) is 3.78. The summed E-state index contributed by atoms with van der Waals surface area (Å²) in [6.45, 7) is 1.09. The lowest BCUT2D eigenvalue weighted by Gasteiger charge is -2.20. The van der Waals surface area contributed by atoms with Crippen LogP contribution in [-0.4, -0.2) is 64.4 Å². The third-order valence-electron chi connectivity index (χ3n) is 4.03. The van der Waals surface area contributed by atoms with Gasteiger partial charge in [0.1, 0.15) is 6.33 Å². The van der Waals surface area contributed by atoms with Gasteiger partial charge >= 0.3 is 0 Å². The smallest absolute Gasteiger partial charge is 0.276 e. The predicted octanol–water partition coefficient (Wildman–Crippen LogP) is 0.537. The Labute approximate surface area is 135 Å². The molecule has 2 aromatic rings. The van der Waals surface area contributed by atoms with Gasteiger partial charge in [0.05, 0.1) is 11.4 Å². The molecule has 0 aliphatic carbocycles. The molecule has 3 rings (SSSR count). The number of nitrogens with zero attached hydrogens (tertiary/aromatic N) is 5. The molecule has 1 aliphatic rings. The Hall–Kier alpha value is -1.84. The van der Waals surface area contributed by atoms with Crippen molar-refractivity contribution in [2.75, 3.05) is 27.2 Å². The van der Waals surface area contributed by atoms with Crippen LogP contribution in [0.2, 0.25) is 0 Å². The van der Waals surface area contributed by atoms with Gasteiger partial charge in [0, 0.05) is 39.1 Å². The molecule has 9 heteroatoms. The van der Waals surface area contributed by atoms with Gasteiger partial charge < -0.3 is 0 Å². The highest BCUT2D eigenvalue weighted by molar-refractivity contribution is 7.86. The summed E-state index contributed by atoms with van der Waals surface area (Å²) in [5.41, 5.74) is 2.55. The second kappa shape index (κ2) is 6.34. The van der Waals surface area contributed by atoms with Gasteiger partial charge in [-0.15, -0.1) is 0 Å². The molecule has 1 fully saturated rings. The number of aromatic nitrogens is 4. The minimum atomic E-state index is -3.32. The Balaban J connectivity index is 1.68. The number of H-pyrrole nitrogens is 1. The lowest BCUT2D eigenvalue weighted by molar-refractivity contribution is 0.409. The molecule has 8 nitrogen and oxygen atoms in total. The lowest BCUT2D eigenvalue weighted by atomic mass is 10.0. The number of rotatable bonds is 5. The van der Waals surface area contributed by atoms with Crippen molar-refractivity contribution in [3.05, 3.63) is 30.4 Å². The highest BCUT2D eigenvalue weighted by Crippen LogP contribution is 2.24. The normalized spacial score (nSPS) is 19.5. The van der Waals surface area contributed by atoms with Crippen molar-refractivity contribution >= 4 is 10.2 Å². The van der Waals surface area contributed by atoms with Crippen LogP contribution in [0.3, 0.4) is 0 Å². The first-order valence-electron chi connectivity index (χ1n) is 7.45. The molecule has 1 atom stereocenters. The number of nitrogens with one attached hydrogen (secondary N) is 1. The van der Waals surface area contributed by atoms with Gasteiger partial charge in [-0.2, -0.15) is 22.1 Å². The van der Waals surface area contributed by atoms with E-state index in [0.717, 1.165) is 29.9 Å². The summed E-state index contributed by atoms with van der Waals surface area (Å²) in [5.74, 6) is 0.272. The molecule has 1 aliphatic heterocycles. The van der Waals surface area contributed by atoms with Gasteiger partial charge in [-0.25, -0.2) is 9.97 Å². The first-order chi connectivity index (χ1) is 11.0. The fourth-order valence-electron chi connectivity index (χ4n) is 2.76. The highest BCUT2D eigenvalue weighted by Gasteiger charge is 2.32. The minimum absolute atomic E-state index is 0.272. The van der Waals surface area contributed by atoms with Crippen LogP contribution in [-0.2, 0) is 16.6 Å². The quantitative estimate of drug-likeness (QED) is 0.860. The monoisotopic (exact) mass is 336 g/mol. The van der Waals surface area contributed by atoms with E-state index in [2.05, 4.69) is 20.2 Å². The molecule has 1 N–H and O–H groups in total. The van der Waals surface area contributed by atoms with Crippen molar-refractivity contribution in [1.82, 2.24) is 28.8 Å². The van der Waals surface area contributed by atoms with Gasteiger partial charge in [0.25, 0.3) is 10.2 Å². The van der Waals surface area contributed by atoms with E-state index in [9.17, 15) is 8.42 Å². The van der Waals surface area contributed by atoms with Crippen LogP contribution in [0.25, 0.3) is 11.4 Å². The van der Waals surface area contributed by atoms with Crippen molar-refractivity contribution in [3.63, 3.8) is 0 Å². The van der Waals surface area contributed by atoms with Crippen LogP contribution in [0.4, 0.5) is 0 Å². The fourth-order valence-corrected chi connectivity index (χ4v) is 3.95. The number of hydrogen-bond donors (Lipinski definition) is 1. The molecule has 124 valence electrons. The van der Waals surface area contributed by atoms with Crippen LogP contribution in [0.15, 0.2) is 24.7 Å². The van der Waals surface area contributed by atoms with E-state index >= 15 is 0 Å². The van der Waals surface area contributed by atoms with Crippen molar-refractivity contribution in [3.8, 4) is 11.4 Å². The van der Waals surface area contributed by atoms with Gasteiger partial charge in [0.2, 0.25) is 0 Å². The van der Waals surface area contributed by atoms with E-state index in [1.165, 1.54) is 14.9 Å². The van der Waals surface area contributed by atoms with E-state index in [1.54, 1.807) is 20.3 Å². The molecule has 3 heterocycles. The summed E-state index contributed by atoms with van der Waals surface area (Å²) in [6.07, 6.45) is 4.80. The second-order valence-corrected chi connectivity index (χ2v) is 8.01. The van der Waals surface area contributed by atoms with Gasteiger partial charge in [-0.05, 0) is 30.9 Å². The first-order valence-corrected chi connectivity index (χ1v) is 8.85. The summed E-state index contributed by atoms with van der Waals surface area (Å²) < 4.78 is 27.1. The zero-order chi connectivity index (χ0) is 16.4. The van der Waals surface area contributed by atoms with E-state index in [1.807, 2.05) is 12.1 Å². The van der Waals surface area contributed by atoms with Gasteiger partial charge in [0.15, 0.2) is 0 Å². The Kier molecular flexibility index (Phi) is 4.42. The maximum absolute atomic E-state index is 12.2. The molecule has 23 heavy (non-hydrogen) atoms. The maximum Gasteiger partial charge on any atom is 0.281 e. The van der Waals surface area contributed by atoms with Crippen LogP contribution in [0.5, 0.6) is 0 Å². The molecule has 2 aromatic heterocycles.